The van der Waals surface area contributed by atoms with Crippen molar-refractivity contribution < 1.29 is 40.4 Å². The first-order chi connectivity index (χ1) is 21.8. The first-order valence-electron chi connectivity index (χ1n) is 15.2. The number of carbonyl (C=O) groups excluding carboxylic acids is 3. The number of amides is 2. The number of nitrogens with zero attached hydrogens (tertiary/aromatic N) is 2. The van der Waals surface area contributed by atoms with Crippen LogP contribution in [0, 0.1) is 5.92 Å². The van der Waals surface area contributed by atoms with Crippen LogP contribution in [0.3, 0.4) is 0 Å². The summed E-state index contributed by atoms with van der Waals surface area (Å²) in [5.41, 5.74) is -0.727. The van der Waals surface area contributed by atoms with Gasteiger partial charge in [-0.1, -0.05) is 43.9 Å². The fourth-order valence-electron chi connectivity index (χ4n) is 6.00. The summed E-state index contributed by atoms with van der Waals surface area (Å²) in [5.74, 6) is -1.78. The molecule has 2 fully saturated rings. The Labute approximate surface area is 264 Å². The highest BCUT2D eigenvalue weighted by Gasteiger charge is 2.38. The smallest absolute Gasteiger partial charge is 0.416 e. The third-order valence-corrected chi connectivity index (χ3v) is 10.4. The van der Waals surface area contributed by atoms with Crippen molar-refractivity contribution in [3.63, 3.8) is 0 Å². The van der Waals surface area contributed by atoms with Crippen LogP contribution in [0.2, 0.25) is 0 Å². The van der Waals surface area contributed by atoms with Crippen molar-refractivity contribution in [1.29, 1.82) is 0 Å². The molecule has 10 nitrogen and oxygen atoms in total. The summed E-state index contributed by atoms with van der Waals surface area (Å²) in [5, 5.41) is 5.26. The third kappa shape index (κ3) is 7.66. The van der Waals surface area contributed by atoms with Crippen molar-refractivity contribution >= 4 is 27.6 Å². The van der Waals surface area contributed by atoms with Crippen LogP contribution in [0.15, 0.2) is 70.2 Å². The van der Waals surface area contributed by atoms with E-state index < -0.39 is 64.0 Å². The molecule has 3 atom stereocenters. The Morgan fingerprint density at radius 2 is 1.80 bits per heavy atom. The number of benzene rings is 1. The number of halogens is 3. The van der Waals surface area contributed by atoms with Gasteiger partial charge in [-0.15, -0.1) is 0 Å². The topological polar surface area (TPSA) is 139 Å². The number of ketones is 1. The van der Waals surface area contributed by atoms with Crippen LogP contribution in [0.5, 0.6) is 0 Å². The van der Waals surface area contributed by atoms with Gasteiger partial charge in [0.15, 0.2) is 16.6 Å². The molecule has 1 aliphatic heterocycles. The van der Waals surface area contributed by atoms with Crippen molar-refractivity contribution in [1.82, 2.24) is 19.9 Å². The van der Waals surface area contributed by atoms with E-state index in [2.05, 4.69) is 15.6 Å². The monoisotopic (exact) mass is 660 g/mol. The number of furan rings is 1. The number of hydrogen-bond donors (Lipinski definition) is 2. The fraction of sp³-hybridized carbons (Fsp3) is 0.438. The molecule has 1 saturated heterocycles. The van der Waals surface area contributed by atoms with E-state index in [9.17, 15) is 36.0 Å². The van der Waals surface area contributed by atoms with E-state index >= 15 is 0 Å². The first kappa shape index (κ1) is 33.3. The van der Waals surface area contributed by atoms with Crippen LogP contribution in [0.25, 0.3) is 11.3 Å². The van der Waals surface area contributed by atoms with Gasteiger partial charge in [-0.05, 0) is 68.5 Å². The zero-order chi connectivity index (χ0) is 33.1. The number of Topliss-reactive ketones (excluding diaryl/α,β-unsaturated/α-hetero) is 1. The second-order valence-electron chi connectivity index (χ2n) is 11.8. The fourth-order valence-corrected chi connectivity index (χ4v) is 7.56. The number of aromatic nitrogens is 1. The Balaban J connectivity index is 1.29. The minimum atomic E-state index is -4.55. The molecule has 0 spiro atoms. The number of nitrogens with one attached hydrogen (secondary N) is 2. The number of carbonyl (C=O) groups is 3. The number of rotatable bonds is 9. The van der Waals surface area contributed by atoms with E-state index in [0.29, 0.717) is 12.8 Å². The predicted molar refractivity (Wildman–Crippen MR) is 161 cm³/mol. The molecule has 246 valence electrons. The zero-order valence-corrected chi connectivity index (χ0v) is 25.9. The highest BCUT2D eigenvalue weighted by atomic mass is 32.2. The molecule has 3 aromatic rings. The number of hydrogen-bond acceptors (Lipinski definition) is 7. The summed E-state index contributed by atoms with van der Waals surface area (Å²) >= 11 is 0. The predicted octanol–water partition coefficient (Wildman–Crippen LogP) is 4.97. The third-order valence-electron chi connectivity index (χ3n) is 8.56. The lowest BCUT2D eigenvalue weighted by Crippen LogP contribution is -2.52. The van der Waals surface area contributed by atoms with Gasteiger partial charge >= 0.3 is 6.18 Å². The summed E-state index contributed by atoms with van der Waals surface area (Å²) in [4.78, 5) is 44.1. The Morgan fingerprint density at radius 1 is 1.04 bits per heavy atom. The second kappa shape index (κ2) is 13.8. The van der Waals surface area contributed by atoms with Crippen LogP contribution in [0.4, 0.5) is 13.2 Å². The maximum atomic E-state index is 13.6. The van der Waals surface area contributed by atoms with Crippen LogP contribution in [-0.4, -0.2) is 60.0 Å². The zero-order valence-electron chi connectivity index (χ0n) is 25.1. The molecule has 1 aromatic carbocycles. The Kier molecular flexibility index (Phi) is 9.96. The molecule has 1 aliphatic carbocycles. The van der Waals surface area contributed by atoms with Crippen molar-refractivity contribution in [3.8, 4) is 11.3 Å². The molecule has 1 unspecified atom stereocenters. The average Bonchev–Trinajstić information content (AvgIpc) is 3.72. The van der Waals surface area contributed by atoms with Gasteiger partial charge in [0.05, 0.1) is 18.2 Å². The Hall–Kier alpha value is -4.04. The second-order valence-corrected chi connectivity index (χ2v) is 13.7. The molecule has 0 radical (unpaired) electrons. The van der Waals surface area contributed by atoms with Crippen molar-refractivity contribution in [2.45, 2.75) is 81.2 Å². The molecule has 2 amide bonds. The average molecular weight is 661 g/mol. The van der Waals surface area contributed by atoms with E-state index in [1.165, 1.54) is 36.5 Å². The maximum absolute atomic E-state index is 13.6. The lowest BCUT2D eigenvalue weighted by atomic mass is 9.97. The number of pyridine rings is 1. The normalized spacial score (nSPS) is 20.7. The van der Waals surface area contributed by atoms with Gasteiger partial charge in [0.1, 0.15) is 11.8 Å². The highest BCUT2D eigenvalue weighted by molar-refractivity contribution is 7.89. The summed E-state index contributed by atoms with van der Waals surface area (Å²) in [6.07, 6.45) is 1.35. The summed E-state index contributed by atoms with van der Waals surface area (Å²) in [6, 6.07) is 9.18. The van der Waals surface area contributed by atoms with Gasteiger partial charge in [-0.3, -0.25) is 14.4 Å². The molecule has 5 rings (SSSR count). The largest absolute Gasteiger partial charge is 0.451 e. The van der Waals surface area contributed by atoms with Crippen LogP contribution in [0.1, 0.15) is 68.0 Å². The molecule has 1 saturated carbocycles. The van der Waals surface area contributed by atoms with E-state index in [4.69, 9.17) is 4.42 Å². The van der Waals surface area contributed by atoms with Gasteiger partial charge in [0.2, 0.25) is 5.91 Å². The minimum Gasteiger partial charge on any atom is -0.451 e. The lowest BCUT2D eigenvalue weighted by Gasteiger charge is -2.25. The quantitative estimate of drug-likeness (QED) is 0.331. The Morgan fingerprint density at radius 3 is 2.50 bits per heavy atom. The molecule has 2 N–H and O–H groups in total. The van der Waals surface area contributed by atoms with E-state index in [1.54, 1.807) is 19.1 Å². The van der Waals surface area contributed by atoms with Gasteiger partial charge in [-0.2, -0.15) is 17.5 Å². The van der Waals surface area contributed by atoms with Gasteiger partial charge in [-0.25, -0.2) is 13.4 Å². The molecular formula is C32H35F3N4O6S. The van der Waals surface area contributed by atoms with E-state index in [0.717, 1.165) is 42.1 Å². The van der Waals surface area contributed by atoms with Gasteiger partial charge in [0, 0.05) is 17.8 Å². The van der Waals surface area contributed by atoms with E-state index in [-0.39, 0.29) is 34.4 Å². The maximum Gasteiger partial charge on any atom is 0.416 e. The van der Waals surface area contributed by atoms with E-state index in [1.807, 2.05) is 0 Å². The van der Waals surface area contributed by atoms with Crippen molar-refractivity contribution in [3.05, 3.63) is 72.1 Å². The molecule has 0 bridgehead atoms. The molecule has 2 aromatic heterocycles. The standard InChI is InChI=1S/C32H35F3N4O6S/c1-20-12-13-24(26(40)19-39(20)46(43,44)29-11-4-5-16-36-29)37-30(41)25(17-21-7-2-3-8-21)38-31(42)28-15-14-27(45-28)22-9-6-10-23(18-22)32(33,34)35/h4-6,9-11,14-16,18,20-21,24-25H,2-3,7-8,12-13,17,19H2,1H3,(H,37,41)(H,38,42)/t20-,24?,25+/m1/s1. The summed E-state index contributed by atoms with van der Waals surface area (Å²) < 4.78 is 72.8. The Bertz CT molecular complexity index is 1670. The molecular weight excluding hydrogens is 625 g/mol. The molecule has 2 aliphatic rings. The summed E-state index contributed by atoms with van der Waals surface area (Å²) in [6.45, 7) is 1.24. The number of alkyl halides is 3. The van der Waals surface area contributed by atoms with Crippen molar-refractivity contribution in [2.75, 3.05) is 6.54 Å². The minimum absolute atomic E-state index is 0.0522. The molecule has 46 heavy (non-hydrogen) atoms. The SMILES string of the molecule is C[C@@H]1CCC(NC(=O)[C@H](CC2CCCC2)NC(=O)c2ccc(-c3cccc(C(F)(F)F)c3)o2)C(=O)CN1S(=O)(=O)c1ccccn1. The first-order valence-corrected chi connectivity index (χ1v) is 16.6. The van der Waals surface area contributed by atoms with Crippen LogP contribution >= 0.6 is 0 Å². The molecule has 14 heteroatoms. The number of sulfonamides is 1. The van der Waals surface area contributed by atoms with Crippen LogP contribution < -0.4 is 10.6 Å². The van der Waals surface area contributed by atoms with Crippen molar-refractivity contribution in [2.24, 2.45) is 5.92 Å². The van der Waals surface area contributed by atoms with Gasteiger partial charge in [0.25, 0.3) is 15.9 Å². The molecule has 3 heterocycles. The van der Waals surface area contributed by atoms with Crippen LogP contribution in [-0.2, 0) is 25.8 Å². The highest BCUT2D eigenvalue weighted by Crippen LogP contribution is 2.33. The lowest BCUT2D eigenvalue weighted by molar-refractivity contribution is -0.137. The summed E-state index contributed by atoms with van der Waals surface area (Å²) in [7, 11) is -4.06. The van der Waals surface area contributed by atoms with Gasteiger partial charge < -0.3 is 15.1 Å².